The van der Waals surface area contributed by atoms with Gasteiger partial charge in [0.25, 0.3) is 0 Å². The number of anilines is 1. The van der Waals surface area contributed by atoms with Crippen molar-refractivity contribution in [2.24, 2.45) is 0 Å². The van der Waals surface area contributed by atoms with Crippen molar-refractivity contribution in [2.75, 3.05) is 63.8 Å². The number of rotatable bonds is 5. The molecule has 1 aromatic heterocycles. The summed E-state index contributed by atoms with van der Waals surface area (Å²) in [5.41, 5.74) is 2.46. The predicted octanol–water partition coefficient (Wildman–Crippen LogP) is 2.33. The van der Waals surface area contributed by atoms with Crippen LogP contribution in [0.4, 0.5) is 5.69 Å². The van der Waals surface area contributed by atoms with Gasteiger partial charge in [-0.15, -0.1) is 11.3 Å². The van der Waals surface area contributed by atoms with Crippen molar-refractivity contribution in [1.82, 2.24) is 14.1 Å². The lowest BCUT2D eigenvalue weighted by atomic mass is 10.2. The number of sulfonamides is 1. The molecule has 2 fully saturated rings. The van der Waals surface area contributed by atoms with E-state index in [1.807, 2.05) is 18.7 Å². The van der Waals surface area contributed by atoms with E-state index in [-0.39, 0.29) is 5.91 Å². The molecule has 0 N–H and O–H groups in total. The number of thiophene rings is 1. The van der Waals surface area contributed by atoms with Gasteiger partial charge in [0, 0.05) is 67.8 Å². The third-order valence-corrected chi connectivity index (χ3v) is 9.42. The van der Waals surface area contributed by atoms with Crippen LogP contribution in [-0.2, 0) is 14.8 Å². The van der Waals surface area contributed by atoms with Crippen LogP contribution in [0.5, 0.6) is 0 Å². The van der Waals surface area contributed by atoms with E-state index < -0.39 is 10.0 Å². The molecule has 0 aliphatic carbocycles. The lowest BCUT2D eigenvalue weighted by Gasteiger charge is -2.38. The molecule has 2 aliphatic heterocycles. The molecule has 3 heterocycles. The lowest BCUT2D eigenvalue weighted by molar-refractivity contribution is -0.133. The first-order valence-corrected chi connectivity index (χ1v) is 13.4. The Morgan fingerprint density at radius 3 is 2.22 bits per heavy atom. The molecule has 0 atom stereocenters. The first-order valence-electron chi connectivity index (χ1n) is 11.1. The van der Waals surface area contributed by atoms with Crippen molar-refractivity contribution in [2.45, 2.75) is 25.7 Å². The van der Waals surface area contributed by atoms with E-state index in [1.54, 1.807) is 10.4 Å². The van der Waals surface area contributed by atoms with E-state index in [9.17, 15) is 13.2 Å². The average Bonchev–Trinajstić information content (AvgIpc) is 3.13. The third-order valence-electron chi connectivity index (χ3n) is 6.30. The maximum atomic E-state index is 13.0. The summed E-state index contributed by atoms with van der Waals surface area (Å²) in [7, 11) is -3.46. The fourth-order valence-corrected chi connectivity index (χ4v) is 7.41. The summed E-state index contributed by atoms with van der Waals surface area (Å²) >= 11 is 1.51. The Kier molecular flexibility index (Phi) is 6.90. The molecule has 1 amide bonds. The number of hydrogen-bond donors (Lipinski definition) is 0. The first-order chi connectivity index (χ1) is 15.2. The van der Waals surface area contributed by atoms with Gasteiger partial charge >= 0.3 is 0 Å². The van der Waals surface area contributed by atoms with E-state index in [0.29, 0.717) is 37.6 Å². The molecule has 32 heavy (non-hydrogen) atoms. The summed E-state index contributed by atoms with van der Waals surface area (Å²) in [5, 5.41) is 0. The standard InChI is InChI=1S/C23H32N4O3S2/c1-18-5-4-6-21(15-18)25-9-11-26(12-10-25)23(28)17-24-7-13-27(14-8-24)32(29,30)22-16-19(2)31-20(22)3/h4-6,15-16H,7-14,17H2,1-3H3. The average molecular weight is 477 g/mol. The van der Waals surface area contributed by atoms with Gasteiger partial charge in [0.05, 0.1) is 11.4 Å². The molecule has 0 bridgehead atoms. The fraction of sp³-hybridized carbons (Fsp3) is 0.522. The first kappa shape index (κ1) is 23.2. The van der Waals surface area contributed by atoms with Crippen molar-refractivity contribution in [3.05, 3.63) is 45.6 Å². The van der Waals surface area contributed by atoms with Crippen LogP contribution in [0.3, 0.4) is 0 Å². The molecule has 1 aromatic carbocycles. The number of nitrogens with zero attached hydrogens (tertiary/aromatic N) is 4. The van der Waals surface area contributed by atoms with E-state index in [4.69, 9.17) is 0 Å². The zero-order chi connectivity index (χ0) is 22.9. The van der Waals surface area contributed by atoms with Gasteiger partial charge in [-0.3, -0.25) is 9.69 Å². The Hall–Kier alpha value is -1.94. The van der Waals surface area contributed by atoms with Gasteiger partial charge in [0.15, 0.2) is 0 Å². The Labute approximate surface area is 195 Å². The smallest absolute Gasteiger partial charge is 0.244 e. The van der Waals surface area contributed by atoms with Crippen LogP contribution >= 0.6 is 11.3 Å². The van der Waals surface area contributed by atoms with Crippen LogP contribution in [0.2, 0.25) is 0 Å². The van der Waals surface area contributed by atoms with Crippen LogP contribution in [0.1, 0.15) is 15.3 Å². The van der Waals surface area contributed by atoms with Crippen molar-refractivity contribution >= 4 is 33.0 Å². The number of benzene rings is 1. The number of carbonyl (C=O) groups is 1. The van der Waals surface area contributed by atoms with Crippen molar-refractivity contribution in [3.63, 3.8) is 0 Å². The van der Waals surface area contributed by atoms with Crippen molar-refractivity contribution in [1.29, 1.82) is 0 Å². The second-order valence-corrected chi connectivity index (χ2v) is 12.0. The minimum atomic E-state index is -3.46. The molecule has 2 saturated heterocycles. The number of carbonyl (C=O) groups excluding carboxylic acids is 1. The molecular formula is C23H32N4O3S2. The van der Waals surface area contributed by atoms with Crippen LogP contribution < -0.4 is 4.90 Å². The van der Waals surface area contributed by atoms with E-state index >= 15 is 0 Å². The maximum absolute atomic E-state index is 13.0. The van der Waals surface area contributed by atoms with Crippen molar-refractivity contribution < 1.29 is 13.2 Å². The van der Waals surface area contributed by atoms with Gasteiger partial charge in [-0.1, -0.05) is 12.1 Å². The molecule has 2 aliphatic rings. The predicted molar refractivity (Wildman–Crippen MR) is 129 cm³/mol. The summed E-state index contributed by atoms with van der Waals surface area (Å²) in [6.07, 6.45) is 0. The summed E-state index contributed by atoms with van der Waals surface area (Å²) in [6.45, 7) is 11.4. The van der Waals surface area contributed by atoms with E-state index in [2.05, 4.69) is 41.0 Å². The fourth-order valence-electron chi connectivity index (χ4n) is 4.46. The molecule has 0 unspecified atom stereocenters. The molecule has 0 spiro atoms. The molecule has 2 aromatic rings. The van der Waals surface area contributed by atoms with Crippen LogP contribution in [0.25, 0.3) is 0 Å². The molecule has 7 nitrogen and oxygen atoms in total. The monoisotopic (exact) mass is 476 g/mol. The zero-order valence-corrected chi connectivity index (χ0v) is 20.7. The largest absolute Gasteiger partial charge is 0.368 e. The molecular weight excluding hydrogens is 444 g/mol. The SMILES string of the molecule is Cc1cccc(N2CCN(C(=O)CN3CCN(S(=O)(=O)c4cc(C)sc4C)CC3)CC2)c1. The molecule has 0 saturated carbocycles. The molecule has 9 heteroatoms. The van der Waals surface area contributed by atoms with E-state index in [0.717, 1.165) is 35.9 Å². The Bertz CT molecular complexity index is 1070. The molecule has 0 radical (unpaired) electrons. The van der Waals surface area contributed by atoms with Gasteiger partial charge in [-0.05, 0) is 44.5 Å². The third kappa shape index (κ3) is 5.01. The number of amides is 1. The minimum Gasteiger partial charge on any atom is -0.368 e. The second kappa shape index (κ2) is 9.51. The highest BCUT2D eigenvalue weighted by molar-refractivity contribution is 7.89. The van der Waals surface area contributed by atoms with Crippen molar-refractivity contribution in [3.8, 4) is 0 Å². The molecule has 174 valence electrons. The number of hydrogen-bond acceptors (Lipinski definition) is 6. The lowest BCUT2D eigenvalue weighted by Crippen LogP contribution is -2.54. The van der Waals surface area contributed by atoms with Gasteiger partial charge in [0.1, 0.15) is 0 Å². The maximum Gasteiger partial charge on any atom is 0.244 e. The highest BCUT2D eigenvalue weighted by Crippen LogP contribution is 2.28. The summed E-state index contributed by atoms with van der Waals surface area (Å²) in [4.78, 5) is 21.5. The van der Waals surface area contributed by atoms with Gasteiger partial charge in [0.2, 0.25) is 15.9 Å². The summed E-state index contributed by atoms with van der Waals surface area (Å²) < 4.78 is 27.6. The van der Waals surface area contributed by atoms with Crippen LogP contribution in [0, 0.1) is 20.8 Å². The number of piperazine rings is 2. The minimum absolute atomic E-state index is 0.134. The van der Waals surface area contributed by atoms with Gasteiger partial charge in [-0.25, -0.2) is 8.42 Å². The Balaban J connectivity index is 1.27. The Morgan fingerprint density at radius 2 is 1.62 bits per heavy atom. The van der Waals surface area contributed by atoms with Crippen LogP contribution in [-0.4, -0.2) is 87.3 Å². The highest BCUT2D eigenvalue weighted by Gasteiger charge is 2.32. The normalized spacial score (nSPS) is 18.8. The number of aryl methyl sites for hydroxylation is 3. The quantitative estimate of drug-likeness (QED) is 0.663. The molecule has 4 rings (SSSR count). The van der Waals surface area contributed by atoms with E-state index in [1.165, 1.54) is 22.6 Å². The van der Waals surface area contributed by atoms with Crippen LogP contribution in [0.15, 0.2) is 35.2 Å². The Morgan fingerprint density at radius 1 is 0.938 bits per heavy atom. The zero-order valence-electron chi connectivity index (χ0n) is 19.1. The summed E-state index contributed by atoms with van der Waals surface area (Å²) in [6, 6.07) is 10.2. The summed E-state index contributed by atoms with van der Waals surface area (Å²) in [5.74, 6) is 0.134. The van der Waals surface area contributed by atoms with Gasteiger partial charge in [-0.2, -0.15) is 4.31 Å². The van der Waals surface area contributed by atoms with Gasteiger partial charge < -0.3 is 9.80 Å². The highest BCUT2D eigenvalue weighted by atomic mass is 32.2. The second-order valence-electron chi connectivity index (χ2n) is 8.66. The topological polar surface area (TPSA) is 64.2 Å².